The normalized spacial score (nSPS) is 16.6. The van der Waals surface area contributed by atoms with Crippen LogP contribution in [-0.2, 0) is 16.1 Å². The predicted molar refractivity (Wildman–Crippen MR) is 67.5 cm³/mol. The molecule has 0 bridgehead atoms. The number of rotatable bonds is 2. The van der Waals surface area contributed by atoms with Crippen molar-refractivity contribution in [2.24, 2.45) is 5.73 Å². The zero-order valence-corrected chi connectivity index (χ0v) is 10.2. The van der Waals surface area contributed by atoms with Crippen LogP contribution < -0.4 is 5.73 Å². The van der Waals surface area contributed by atoms with Gasteiger partial charge in [0.1, 0.15) is 0 Å². The number of nitrogens with two attached hydrogens (primary N) is 1. The first kappa shape index (κ1) is 12.6. The summed E-state index contributed by atoms with van der Waals surface area (Å²) >= 11 is 0. The second-order valence-electron chi connectivity index (χ2n) is 4.42. The average Bonchev–Trinajstić information content (AvgIpc) is 2.40. The summed E-state index contributed by atoms with van der Waals surface area (Å²) in [6.07, 6.45) is 0. The van der Waals surface area contributed by atoms with Crippen LogP contribution in [0.3, 0.4) is 0 Å². The van der Waals surface area contributed by atoms with Crippen LogP contribution >= 0.6 is 0 Å². The molecule has 1 aliphatic rings. The van der Waals surface area contributed by atoms with Crippen molar-refractivity contribution in [1.29, 1.82) is 0 Å². The van der Waals surface area contributed by atoms with E-state index in [0.717, 1.165) is 19.6 Å². The lowest BCUT2D eigenvalue weighted by atomic mass is 10.2. The maximum absolute atomic E-state index is 11.4. The molecule has 96 valence electrons. The van der Waals surface area contributed by atoms with Gasteiger partial charge in [-0.2, -0.15) is 0 Å². The van der Waals surface area contributed by atoms with Gasteiger partial charge in [-0.25, -0.2) is 0 Å². The Labute approximate surface area is 106 Å². The van der Waals surface area contributed by atoms with E-state index in [9.17, 15) is 9.59 Å². The van der Waals surface area contributed by atoms with Gasteiger partial charge in [0.15, 0.2) is 0 Å². The van der Waals surface area contributed by atoms with E-state index in [1.165, 1.54) is 10.5 Å². The SMILES string of the molecule is NC(=O)C(=O)N1CCN(Cc2ccccc2)CC1. The first-order chi connectivity index (χ1) is 8.66. The number of primary amides is 1. The van der Waals surface area contributed by atoms with Crippen LogP contribution in [-0.4, -0.2) is 47.8 Å². The van der Waals surface area contributed by atoms with E-state index < -0.39 is 11.8 Å². The molecule has 0 aliphatic carbocycles. The highest BCUT2D eigenvalue weighted by Crippen LogP contribution is 2.08. The lowest BCUT2D eigenvalue weighted by molar-refractivity contribution is -0.145. The third-order valence-electron chi connectivity index (χ3n) is 3.12. The molecule has 5 nitrogen and oxygen atoms in total. The Morgan fingerprint density at radius 1 is 1.06 bits per heavy atom. The highest BCUT2D eigenvalue weighted by molar-refractivity contribution is 6.34. The van der Waals surface area contributed by atoms with Gasteiger partial charge in [0.25, 0.3) is 0 Å². The molecule has 18 heavy (non-hydrogen) atoms. The fourth-order valence-electron chi connectivity index (χ4n) is 2.11. The molecule has 0 saturated carbocycles. The van der Waals surface area contributed by atoms with Crippen molar-refractivity contribution >= 4 is 11.8 Å². The molecule has 1 aliphatic heterocycles. The third-order valence-corrected chi connectivity index (χ3v) is 3.12. The number of amides is 2. The van der Waals surface area contributed by atoms with Crippen LogP contribution in [0.4, 0.5) is 0 Å². The Kier molecular flexibility index (Phi) is 3.94. The molecule has 0 atom stereocenters. The van der Waals surface area contributed by atoms with Crippen LogP contribution in [0.5, 0.6) is 0 Å². The van der Waals surface area contributed by atoms with Gasteiger partial charge < -0.3 is 10.6 Å². The number of nitrogens with zero attached hydrogens (tertiary/aromatic N) is 2. The quantitative estimate of drug-likeness (QED) is 0.737. The molecule has 5 heteroatoms. The van der Waals surface area contributed by atoms with Crippen LogP contribution in [0.1, 0.15) is 5.56 Å². The molecule has 1 fully saturated rings. The van der Waals surface area contributed by atoms with Crippen LogP contribution in [0.25, 0.3) is 0 Å². The standard InChI is InChI=1S/C13H17N3O2/c14-12(17)13(18)16-8-6-15(7-9-16)10-11-4-2-1-3-5-11/h1-5H,6-10H2,(H2,14,17). The van der Waals surface area contributed by atoms with Crippen molar-refractivity contribution in [3.8, 4) is 0 Å². The summed E-state index contributed by atoms with van der Waals surface area (Å²) in [4.78, 5) is 26.0. The van der Waals surface area contributed by atoms with Gasteiger partial charge in [-0.05, 0) is 5.56 Å². The van der Waals surface area contributed by atoms with Gasteiger partial charge in [0, 0.05) is 32.7 Å². The van der Waals surface area contributed by atoms with Crippen molar-refractivity contribution in [3.63, 3.8) is 0 Å². The van der Waals surface area contributed by atoms with Gasteiger partial charge in [0.2, 0.25) is 0 Å². The van der Waals surface area contributed by atoms with Crippen LogP contribution in [0, 0.1) is 0 Å². The number of hydrogen-bond donors (Lipinski definition) is 1. The Morgan fingerprint density at radius 3 is 2.22 bits per heavy atom. The smallest absolute Gasteiger partial charge is 0.311 e. The number of benzene rings is 1. The summed E-state index contributed by atoms with van der Waals surface area (Å²) in [6.45, 7) is 3.55. The number of hydrogen-bond acceptors (Lipinski definition) is 3. The fraction of sp³-hybridized carbons (Fsp3) is 0.385. The van der Waals surface area contributed by atoms with E-state index >= 15 is 0 Å². The molecule has 0 spiro atoms. The zero-order chi connectivity index (χ0) is 13.0. The molecular formula is C13H17N3O2. The van der Waals surface area contributed by atoms with Crippen molar-refractivity contribution in [2.75, 3.05) is 26.2 Å². The van der Waals surface area contributed by atoms with Gasteiger partial charge in [-0.1, -0.05) is 30.3 Å². The second kappa shape index (κ2) is 5.64. The molecule has 1 aromatic rings. The molecule has 0 unspecified atom stereocenters. The number of carbonyl (C=O) groups excluding carboxylic acids is 2. The number of piperazine rings is 1. The summed E-state index contributed by atoms with van der Waals surface area (Å²) < 4.78 is 0. The van der Waals surface area contributed by atoms with E-state index in [0.29, 0.717) is 13.1 Å². The van der Waals surface area contributed by atoms with E-state index in [4.69, 9.17) is 5.73 Å². The third kappa shape index (κ3) is 3.07. The van der Waals surface area contributed by atoms with Crippen molar-refractivity contribution < 1.29 is 9.59 Å². The van der Waals surface area contributed by atoms with E-state index in [2.05, 4.69) is 17.0 Å². The molecule has 1 heterocycles. The van der Waals surface area contributed by atoms with E-state index in [-0.39, 0.29) is 0 Å². The maximum Gasteiger partial charge on any atom is 0.311 e. The van der Waals surface area contributed by atoms with Crippen LogP contribution in [0.15, 0.2) is 30.3 Å². The Balaban J connectivity index is 1.84. The predicted octanol–water partition coefficient (Wildman–Crippen LogP) is -0.184. The molecule has 0 aromatic heterocycles. The summed E-state index contributed by atoms with van der Waals surface area (Å²) in [6, 6.07) is 10.2. The van der Waals surface area contributed by atoms with Crippen molar-refractivity contribution in [3.05, 3.63) is 35.9 Å². The molecular weight excluding hydrogens is 230 g/mol. The molecule has 2 amide bonds. The highest BCUT2D eigenvalue weighted by Gasteiger charge is 2.23. The first-order valence-corrected chi connectivity index (χ1v) is 6.02. The molecule has 0 radical (unpaired) electrons. The Morgan fingerprint density at radius 2 is 1.67 bits per heavy atom. The molecule has 1 saturated heterocycles. The average molecular weight is 247 g/mol. The summed E-state index contributed by atoms with van der Waals surface area (Å²) in [5.41, 5.74) is 6.24. The highest BCUT2D eigenvalue weighted by atomic mass is 16.2. The summed E-state index contributed by atoms with van der Waals surface area (Å²) in [7, 11) is 0. The minimum absolute atomic E-state index is 0.564. The molecule has 2 N–H and O–H groups in total. The summed E-state index contributed by atoms with van der Waals surface area (Å²) in [5.74, 6) is -1.44. The van der Waals surface area contributed by atoms with Gasteiger partial charge >= 0.3 is 11.8 Å². The topological polar surface area (TPSA) is 66.6 Å². The summed E-state index contributed by atoms with van der Waals surface area (Å²) in [5, 5.41) is 0. The van der Waals surface area contributed by atoms with Crippen molar-refractivity contribution in [1.82, 2.24) is 9.80 Å². The Hall–Kier alpha value is -1.88. The molecule has 1 aromatic carbocycles. The lowest BCUT2D eigenvalue weighted by Crippen LogP contribution is -2.51. The zero-order valence-electron chi connectivity index (χ0n) is 10.2. The van der Waals surface area contributed by atoms with Crippen LogP contribution in [0.2, 0.25) is 0 Å². The fourth-order valence-corrected chi connectivity index (χ4v) is 2.11. The minimum Gasteiger partial charge on any atom is -0.361 e. The first-order valence-electron chi connectivity index (χ1n) is 6.02. The number of carbonyl (C=O) groups is 2. The van der Waals surface area contributed by atoms with Gasteiger partial charge in [-0.15, -0.1) is 0 Å². The molecule has 2 rings (SSSR count). The second-order valence-corrected chi connectivity index (χ2v) is 4.42. The maximum atomic E-state index is 11.4. The van der Waals surface area contributed by atoms with Crippen molar-refractivity contribution in [2.45, 2.75) is 6.54 Å². The largest absolute Gasteiger partial charge is 0.361 e. The van der Waals surface area contributed by atoms with Gasteiger partial charge in [0.05, 0.1) is 0 Å². The van der Waals surface area contributed by atoms with Gasteiger partial charge in [-0.3, -0.25) is 14.5 Å². The lowest BCUT2D eigenvalue weighted by Gasteiger charge is -2.34. The monoisotopic (exact) mass is 247 g/mol. The van der Waals surface area contributed by atoms with E-state index in [1.807, 2.05) is 18.2 Å². The Bertz CT molecular complexity index is 425. The minimum atomic E-state index is -0.869. The van der Waals surface area contributed by atoms with E-state index in [1.54, 1.807) is 0 Å².